The number of nitrogens with one attached hydrogen (secondary N) is 1. The lowest BCUT2D eigenvalue weighted by atomic mass is 10.1. The number of rotatable bonds is 3. The lowest BCUT2D eigenvalue weighted by Crippen LogP contribution is -2.27. The van der Waals surface area contributed by atoms with Crippen molar-refractivity contribution >= 4 is 22.8 Å². The third-order valence-electron chi connectivity index (χ3n) is 3.17. The van der Waals surface area contributed by atoms with E-state index in [0.29, 0.717) is 11.7 Å². The number of hydrogen-bond donors (Lipinski definition) is 2. The van der Waals surface area contributed by atoms with Crippen LogP contribution in [-0.2, 0) is 4.74 Å². The average molecular weight is 247 g/mol. The van der Waals surface area contributed by atoms with Crippen LogP contribution in [0.3, 0.4) is 0 Å². The number of nitrogen functional groups attached to an aromatic ring is 1. The second-order valence-corrected chi connectivity index (χ2v) is 4.62. The van der Waals surface area contributed by atoms with E-state index in [1.165, 1.54) is 12.8 Å². The number of ether oxygens (including phenoxy) is 1. The smallest absolute Gasteiger partial charge is 0.295 e. The summed E-state index contributed by atoms with van der Waals surface area (Å²) in [7, 11) is 0. The van der Waals surface area contributed by atoms with E-state index in [4.69, 9.17) is 14.9 Å². The topological polar surface area (TPSA) is 73.3 Å². The van der Waals surface area contributed by atoms with Crippen molar-refractivity contribution in [3.05, 3.63) is 18.2 Å². The zero-order valence-corrected chi connectivity index (χ0v) is 10.2. The molecule has 2 aromatic rings. The van der Waals surface area contributed by atoms with E-state index in [1.54, 1.807) is 6.07 Å². The molecule has 5 heteroatoms. The average Bonchev–Trinajstić information content (AvgIpc) is 2.79. The van der Waals surface area contributed by atoms with Crippen LogP contribution in [0.15, 0.2) is 22.6 Å². The molecule has 0 radical (unpaired) electrons. The van der Waals surface area contributed by atoms with Crippen molar-refractivity contribution < 1.29 is 9.15 Å². The molecular formula is C13H17N3O2. The van der Waals surface area contributed by atoms with Crippen molar-refractivity contribution in [2.45, 2.75) is 25.4 Å². The predicted octanol–water partition coefficient (Wildman–Crippen LogP) is 2.39. The van der Waals surface area contributed by atoms with E-state index < -0.39 is 0 Å². The summed E-state index contributed by atoms with van der Waals surface area (Å²) in [5, 5.41) is 3.18. The molecule has 0 aliphatic carbocycles. The minimum absolute atomic E-state index is 0.263. The fraction of sp³-hybridized carbons (Fsp3) is 0.462. The number of anilines is 2. The summed E-state index contributed by atoms with van der Waals surface area (Å²) in [6.07, 6.45) is 3.76. The molecule has 1 aliphatic rings. The molecule has 3 N–H and O–H groups in total. The van der Waals surface area contributed by atoms with Crippen molar-refractivity contribution in [2.24, 2.45) is 0 Å². The van der Waals surface area contributed by atoms with Gasteiger partial charge in [-0.3, -0.25) is 0 Å². The van der Waals surface area contributed by atoms with Crippen LogP contribution in [0.1, 0.15) is 19.3 Å². The van der Waals surface area contributed by atoms with E-state index in [1.807, 2.05) is 12.1 Å². The maximum atomic E-state index is 5.70. The van der Waals surface area contributed by atoms with Gasteiger partial charge in [-0.15, -0.1) is 0 Å². The molecule has 2 heterocycles. The highest BCUT2D eigenvalue weighted by molar-refractivity contribution is 5.78. The maximum Gasteiger partial charge on any atom is 0.295 e. The summed E-state index contributed by atoms with van der Waals surface area (Å²) >= 11 is 0. The van der Waals surface area contributed by atoms with Crippen molar-refractivity contribution in [3.63, 3.8) is 0 Å². The van der Waals surface area contributed by atoms with Crippen LogP contribution in [0.2, 0.25) is 0 Å². The zero-order valence-electron chi connectivity index (χ0n) is 10.2. The Labute approximate surface area is 105 Å². The van der Waals surface area contributed by atoms with E-state index in [0.717, 1.165) is 30.7 Å². The molecule has 1 unspecified atom stereocenters. The van der Waals surface area contributed by atoms with Gasteiger partial charge in [0.05, 0.1) is 6.10 Å². The molecule has 96 valence electrons. The first kappa shape index (κ1) is 11.3. The highest BCUT2D eigenvalue weighted by Crippen LogP contribution is 2.21. The van der Waals surface area contributed by atoms with Crippen LogP contribution in [0.5, 0.6) is 0 Å². The molecule has 5 nitrogen and oxygen atoms in total. The zero-order chi connectivity index (χ0) is 12.4. The SMILES string of the molecule is Nc1ccc2oc(NCC3CCCCO3)nc2c1. The summed E-state index contributed by atoms with van der Waals surface area (Å²) in [4.78, 5) is 4.34. The number of aromatic nitrogens is 1. The van der Waals surface area contributed by atoms with Gasteiger partial charge in [0.2, 0.25) is 0 Å². The second-order valence-electron chi connectivity index (χ2n) is 4.62. The number of hydrogen-bond acceptors (Lipinski definition) is 5. The Morgan fingerprint density at radius 2 is 2.33 bits per heavy atom. The fourth-order valence-electron chi connectivity index (χ4n) is 2.19. The van der Waals surface area contributed by atoms with Crippen LogP contribution >= 0.6 is 0 Å². The van der Waals surface area contributed by atoms with Gasteiger partial charge in [0.25, 0.3) is 6.01 Å². The Morgan fingerprint density at radius 1 is 1.39 bits per heavy atom. The molecule has 0 saturated carbocycles. The van der Waals surface area contributed by atoms with Gasteiger partial charge in [-0.05, 0) is 37.5 Å². The summed E-state index contributed by atoms with van der Waals surface area (Å²) in [6.45, 7) is 1.60. The Kier molecular flexibility index (Phi) is 3.06. The summed E-state index contributed by atoms with van der Waals surface area (Å²) in [5.41, 5.74) is 7.92. The van der Waals surface area contributed by atoms with E-state index >= 15 is 0 Å². The van der Waals surface area contributed by atoms with E-state index in [2.05, 4.69) is 10.3 Å². The maximum absolute atomic E-state index is 5.70. The lowest BCUT2D eigenvalue weighted by Gasteiger charge is -2.22. The third-order valence-corrected chi connectivity index (χ3v) is 3.17. The molecule has 1 aromatic heterocycles. The monoisotopic (exact) mass is 247 g/mol. The Morgan fingerprint density at radius 3 is 3.17 bits per heavy atom. The first-order chi connectivity index (χ1) is 8.81. The van der Waals surface area contributed by atoms with Crippen molar-refractivity contribution in [3.8, 4) is 0 Å². The van der Waals surface area contributed by atoms with Crippen LogP contribution < -0.4 is 11.1 Å². The van der Waals surface area contributed by atoms with Gasteiger partial charge < -0.3 is 20.2 Å². The number of nitrogens with zero attached hydrogens (tertiary/aromatic N) is 1. The lowest BCUT2D eigenvalue weighted by molar-refractivity contribution is 0.0245. The molecule has 1 fully saturated rings. The molecule has 3 rings (SSSR count). The Hall–Kier alpha value is -1.75. The predicted molar refractivity (Wildman–Crippen MR) is 70.5 cm³/mol. The molecule has 0 spiro atoms. The summed E-state index contributed by atoms with van der Waals surface area (Å²) in [5.74, 6) is 0. The van der Waals surface area contributed by atoms with Gasteiger partial charge in [-0.2, -0.15) is 4.98 Å². The first-order valence-electron chi connectivity index (χ1n) is 6.33. The molecule has 1 saturated heterocycles. The number of fused-ring (bicyclic) bond motifs is 1. The van der Waals surface area contributed by atoms with Crippen LogP contribution in [0, 0.1) is 0 Å². The minimum atomic E-state index is 0.263. The second kappa shape index (κ2) is 4.86. The van der Waals surface area contributed by atoms with Crippen molar-refractivity contribution in [1.82, 2.24) is 4.98 Å². The molecular weight excluding hydrogens is 230 g/mol. The minimum Gasteiger partial charge on any atom is -0.424 e. The summed E-state index contributed by atoms with van der Waals surface area (Å²) in [6, 6.07) is 5.98. The quantitative estimate of drug-likeness (QED) is 0.815. The molecule has 1 aliphatic heterocycles. The number of nitrogens with two attached hydrogens (primary N) is 1. The summed E-state index contributed by atoms with van der Waals surface area (Å²) < 4.78 is 11.2. The van der Waals surface area contributed by atoms with Crippen LogP contribution in [-0.4, -0.2) is 24.2 Å². The van der Waals surface area contributed by atoms with E-state index in [-0.39, 0.29) is 6.10 Å². The van der Waals surface area contributed by atoms with Crippen molar-refractivity contribution in [1.29, 1.82) is 0 Å². The molecule has 0 bridgehead atoms. The first-order valence-corrected chi connectivity index (χ1v) is 6.33. The standard InChI is InChI=1S/C13H17N3O2/c14-9-4-5-12-11(7-9)16-13(18-12)15-8-10-3-1-2-6-17-10/h4-5,7,10H,1-3,6,8,14H2,(H,15,16). The molecule has 0 amide bonds. The van der Waals surface area contributed by atoms with Gasteiger partial charge in [-0.25, -0.2) is 0 Å². The normalized spacial score (nSPS) is 20.1. The number of benzene rings is 1. The molecule has 1 atom stereocenters. The highest BCUT2D eigenvalue weighted by atomic mass is 16.5. The van der Waals surface area contributed by atoms with Crippen LogP contribution in [0.25, 0.3) is 11.1 Å². The van der Waals surface area contributed by atoms with Crippen molar-refractivity contribution in [2.75, 3.05) is 24.2 Å². The molecule has 1 aromatic carbocycles. The van der Waals surface area contributed by atoms with Gasteiger partial charge in [0.1, 0.15) is 5.52 Å². The van der Waals surface area contributed by atoms with Gasteiger partial charge >= 0.3 is 0 Å². The van der Waals surface area contributed by atoms with Gasteiger partial charge in [0, 0.05) is 18.8 Å². The fourth-order valence-corrected chi connectivity index (χ4v) is 2.19. The van der Waals surface area contributed by atoms with E-state index in [9.17, 15) is 0 Å². The van der Waals surface area contributed by atoms with Gasteiger partial charge in [0.15, 0.2) is 5.58 Å². The van der Waals surface area contributed by atoms with Gasteiger partial charge in [-0.1, -0.05) is 0 Å². The Bertz CT molecular complexity index is 532. The Balaban J connectivity index is 1.67. The van der Waals surface area contributed by atoms with Crippen LogP contribution in [0.4, 0.5) is 11.7 Å². The highest BCUT2D eigenvalue weighted by Gasteiger charge is 2.14. The number of oxazole rings is 1. The largest absolute Gasteiger partial charge is 0.424 e. The third kappa shape index (κ3) is 2.41. The molecule has 18 heavy (non-hydrogen) atoms.